The van der Waals surface area contributed by atoms with Crippen molar-refractivity contribution in [2.45, 2.75) is 6.04 Å². The SMILES string of the molecule is O=C(N[C@H](c1ccccc1)c1ccncc1)c1ccnc(-n2ccnc2)c1. The summed E-state index contributed by atoms with van der Waals surface area (Å²) < 4.78 is 1.76. The van der Waals surface area contributed by atoms with E-state index in [0.29, 0.717) is 11.4 Å². The Morgan fingerprint density at radius 3 is 2.41 bits per heavy atom. The van der Waals surface area contributed by atoms with Gasteiger partial charge in [0, 0.05) is 36.5 Å². The van der Waals surface area contributed by atoms with Crippen LogP contribution in [0.1, 0.15) is 27.5 Å². The summed E-state index contributed by atoms with van der Waals surface area (Å²) in [7, 11) is 0. The molecule has 4 rings (SSSR count). The Hall–Kier alpha value is -3.80. The van der Waals surface area contributed by atoms with E-state index < -0.39 is 0 Å². The van der Waals surface area contributed by atoms with Gasteiger partial charge in [0.15, 0.2) is 0 Å². The first-order valence-corrected chi connectivity index (χ1v) is 8.51. The first-order chi connectivity index (χ1) is 13.3. The van der Waals surface area contributed by atoms with Gasteiger partial charge < -0.3 is 5.32 Å². The van der Waals surface area contributed by atoms with Crippen LogP contribution in [0.25, 0.3) is 5.82 Å². The quantitative estimate of drug-likeness (QED) is 0.597. The fourth-order valence-corrected chi connectivity index (χ4v) is 2.87. The number of rotatable bonds is 5. The second-order valence-electron chi connectivity index (χ2n) is 5.97. The molecule has 1 amide bonds. The van der Waals surface area contributed by atoms with Crippen LogP contribution < -0.4 is 5.32 Å². The van der Waals surface area contributed by atoms with Gasteiger partial charge in [0.05, 0.1) is 6.04 Å². The number of benzene rings is 1. The average Bonchev–Trinajstić information content (AvgIpc) is 3.28. The summed E-state index contributed by atoms with van der Waals surface area (Å²) in [4.78, 5) is 25.3. The van der Waals surface area contributed by atoms with Gasteiger partial charge in [-0.3, -0.25) is 14.3 Å². The number of nitrogens with zero attached hydrogens (tertiary/aromatic N) is 4. The topological polar surface area (TPSA) is 72.7 Å². The summed E-state index contributed by atoms with van der Waals surface area (Å²) in [6.07, 6.45) is 10.2. The van der Waals surface area contributed by atoms with Crippen molar-refractivity contribution in [3.05, 3.63) is 109 Å². The lowest BCUT2D eigenvalue weighted by atomic mass is 9.99. The first-order valence-electron chi connectivity index (χ1n) is 8.51. The Balaban J connectivity index is 1.64. The molecule has 0 saturated carbocycles. The van der Waals surface area contributed by atoms with Crippen LogP contribution in [0.5, 0.6) is 0 Å². The lowest BCUT2D eigenvalue weighted by Gasteiger charge is -2.20. The van der Waals surface area contributed by atoms with Gasteiger partial charge in [-0.15, -0.1) is 0 Å². The van der Waals surface area contributed by atoms with E-state index in [1.807, 2.05) is 42.5 Å². The lowest BCUT2D eigenvalue weighted by molar-refractivity contribution is 0.0943. The minimum Gasteiger partial charge on any atom is -0.341 e. The van der Waals surface area contributed by atoms with Crippen molar-refractivity contribution >= 4 is 5.91 Å². The van der Waals surface area contributed by atoms with Crippen LogP contribution in [-0.4, -0.2) is 25.4 Å². The maximum Gasteiger partial charge on any atom is 0.252 e. The third-order valence-electron chi connectivity index (χ3n) is 4.22. The monoisotopic (exact) mass is 355 g/mol. The highest BCUT2D eigenvalue weighted by molar-refractivity contribution is 5.95. The summed E-state index contributed by atoms with van der Waals surface area (Å²) >= 11 is 0. The number of hydrogen-bond donors (Lipinski definition) is 1. The van der Waals surface area contributed by atoms with Gasteiger partial charge in [0.2, 0.25) is 0 Å². The summed E-state index contributed by atoms with van der Waals surface area (Å²) in [6.45, 7) is 0. The zero-order valence-electron chi connectivity index (χ0n) is 14.4. The Labute approximate surface area is 156 Å². The van der Waals surface area contributed by atoms with Crippen molar-refractivity contribution in [1.82, 2.24) is 24.8 Å². The van der Waals surface area contributed by atoms with Crippen LogP contribution in [0.2, 0.25) is 0 Å². The molecule has 0 spiro atoms. The molecule has 3 aromatic heterocycles. The number of pyridine rings is 2. The van der Waals surface area contributed by atoms with Gasteiger partial charge in [0.25, 0.3) is 5.91 Å². The standard InChI is InChI=1S/C21H17N5O/c27-21(18-8-11-24-19(14-18)26-13-12-23-15-26)25-20(16-4-2-1-3-5-16)17-6-9-22-10-7-17/h1-15,20H,(H,25,27)/t20-/m1/s1. The number of carbonyl (C=O) groups excluding carboxylic acids is 1. The molecule has 4 aromatic rings. The first kappa shape index (κ1) is 16.7. The van der Waals surface area contributed by atoms with Crippen LogP contribution in [0.3, 0.4) is 0 Å². The zero-order chi connectivity index (χ0) is 18.5. The fourth-order valence-electron chi connectivity index (χ4n) is 2.87. The summed E-state index contributed by atoms with van der Waals surface area (Å²) in [6, 6.07) is 16.8. The van der Waals surface area contributed by atoms with E-state index in [4.69, 9.17) is 0 Å². The molecular formula is C21H17N5O. The molecule has 6 heteroatoms. The molecular weight excluding hydrogens is 338 g/mol. The van der Waals surface area contributed by atoms with E-state index in [-0.39, 0.29) is 11.9 Å². The van der Waals surface area contributed by atoms with Crippen molar-refractivity contribution < 1.29 is 4.79 Å². The van der Waals surface area contributed by atoms with Crippen molar-refractivity contribution in [3.8, 4) is 5.82 Å². The number of aromatic nitrogens is 4. The Bertz CT molecular complexity index is 977. The van der Waals surface area contributed by atoms with Crippen LogP contribution in [-0.2, 0) is 0 Å². The smallest absolute Gasteiger partial charge is 0.252 e. The van der Waals surface area contributed by atoms with Crippen molar-refractivity contribution in [2.75, 3.05) is 0 Å². The molecule has 0 aliphatic carbocycles. The Morgan fingerprint density at radius 1 is 0.889 bits per heavy atom. The van der Waals surface area contributed by atoms with Crippen LogP contribution in [0, 0.1) is 0 Å². The number of amides is 1. The van der Waals surface area contributed by atoms with E-state index in [0.717, 1.165) is 11.1 Å². The molecule has 0 saturated heterocycles. The van der Waals surface area contributed by atoms with E-state index in [2.05, 4.69) is 20.3 Å². The minimum atomic E-state index is -0.272. The molecule has 3 heterocycles. The highest BCUT2D eigenvalue weighted by Gasteiger charge is 2.18. The zero-order valence-corrected chi connectivity index (χ0v) is 14.4. The fraction of sp³-hybridized carbons (Fsp3) is 0.0476. The van der Waals surface area contributed by atoms with Gasteiger partial charge in [0.1, 0.15) is 12.1 Å². The van der Waals surface area contributed by atoms with Crippen LogP contribution >= 0.6 is 0 Å². The van der Waals surface area contributed by atoms with E-state index in [9.17, 15) is 4.79 Å². The van der Waals surface area contributed by atoms with Crippen molar-refractivity contribution in [3.63, 3.8) is 0 Å². The molecule has 1 atom stereocenters. The third kappa shape index (κ3) is 3.74. The highest BCUT2D eigenvalue weighted by atomic mass is 16.1. The summed E-state index contributed by atoms with van der Waals surface area (Å²) in [5, 5.41) is 3.12. The number of hydrogen-bond acceptors (Lipinski definition) is 4. The molecule has 132 valence electrons. The normalized spacial score (nSPS) is 11.7. The average molecular weight is 355 g/mol. The molecule has 0 bridgehead atoms. The van der Waals surface area contributed by atoms with Crippen molar-refractivity contribution in [1.29, 1.82) is 0 Å². The maximum atomic E-state index is 12.9. The molecule has 1 aromatic carbocycles. The van der Waals surface area contributed by atoms with Crippen LogP contribution in [0.15, 0.2) is 91.9 Å². The molecule has 1 N–H and O–H groups in total. The Morgan fingerprint density at radius 2 is 1.67 bits per heavy atom. The van der Waals surface area contributed by atoms with Gasteiger partial charge >= 0.3 is 0 Å². The molecule has 0 unspecified atom stereocenters. The highest BCUT2D eigenvalue weighted by Crippen LogP contribution is 2.22. The molecule has 0 aliphatic rings. The second-order valence-corrected chi connectivity index (χ2v) is 5.97. The van der Waals surface area contributed by atoms with Gasteiger partial charge in [-0.1, -0.05) is 30.3 Å². The molecule has 0 aliphatic heterocycles. The maximum absolute atomic E-state index is 12.9. The predicted molar refractivity (Wildman–Crippen MR) is 101 cm³/mol. The molecule has 0 fully saturated rings. The van der Waals surface area contributed by atoms with E-state index in [1.54, 1.807) is 54.0 Å². The molecule has 27 heavy (non-hydrogen) atoms. The molecule has 0 radical (unpaired) electrons. The van der Waals surface area contributed by atoms with Crippen molar-refractivity contribution in [2.24, 2.45) is 0 Å². The predicted octanol–water partition coefficient (Wildman–Crippen LogP) is 3.18. The van der Waals surface area contributed by atoms with Gasteiger partial charge in [-0.25, -0.2) is 9.97 Å². The van der Waals surface area contributed by atoms with E-state index >= 15 is 0 Å². The van der Waals surface area contributed by atoms with Crippen LogP contribution in [0.4, 0.5) is 0 Å². The molecule has 6 nitrogen and oxygen atoms in total. The third-order valence-corrected chi connectivity index (χ3v) is 4.22. The second kappa shape index (κ2) is 7.61. The largest absolute Gasteiger partial charge is 0.341 e. The summed E-state index contributed by atoms with van der Waals surface area (Å²) in [5.74, 6) is 0.463. The minimum absolute atomic E-state index is 0.176. The number of carbonyl (C=O) groups is 1. The summed E-state index contributed by atoms with van der Waals surface area (Å²) in [5.41, 5.74) is 2.50. The Kier molecular flexibility index (Phi) is 4.70. The number of imidazole rings is 1. The van der Waals surface area contributed by atoms with Gasteiger partial charge in [-0.2, -0.15) is 0 Å². The number of nitrogens with one attached hydrogen (secondary N) is 1. The lowest BCUT2D eigenvalue weighted by Crippen LogP contribution is -2.29. The van der Waals surface area contributed by atoms with Gasteiger partial charge in [-0.05, 0) is 35.4 Å². The van der Waals surface area contributed by atoms with E-state index in [1.165, 1.54) is 0 Å².